The van der Waals surface area contributed by atoms with Crippen LogP contribution in [-0.4, -0.2) is 87.1 Å². The van der Waals surface area contributed by atoms with E-state index in [1.54, 1.807) is 61.7 Å². The molecule has 12 heteroatoms. The lowest BCUT2D eigenvalue weighted by atomic mass is 9.87. The minimum Gasteiger partial charge on any atom is -0.497 e. The molecule has 0 saturated carbocycles. The highest BCUT2D eigenvalue weighted by molar-refractivity contribution is 5.89. The highest BCUT2D eigenvalue weighted by Gasteiger charge is 2.58. The van der Waals surface area contributed by atoms with Crippen molar-refractivity contribution in [2.45, 2.75) is 55.9 Å². The first kappa shape index (κ1) is 29.4. The molecule has 2 aliphatic heterocycles. The zero-order valence-corrected chi connectivity index (χ0v) is 22.6. The van der Waals surface area contributed by atoms with Gasteiger partial charge in [-0.25, -0.2) is 9.59 Å². The van der Waals surface area contributed by atoms with Crippen LogP contribution in [0.1, 0.15) is 35.6 Å². The van der Waals surface area contributed by atoms with Crippen LogP contribution >= 0.6 is 0 Å². The van der Waals surface area contributed by atoms with E-state index in [1.807, 2.05) is 0 Å². The number of nitrogens with one attached hydrogen (secondary N) is 1. The first-order valence-electron chi connectivity index (χ1n) is 12.6. The van der Waals surface area contributed by atoms with E-state index in [0.29, 0.717) is 11.3 Å². The number of hydrogen-bond donors (Lipinski definition) is 2. The van der Waals surface area contributed by atoms with Gasteiger partial charge in [-0.3, -0.25) is 4.79 Å². The van der Waals surface area contributed by atoms with Gasteiger partial charge in [0.05, 0.1) is 38.9 Å². The molecule has 216 valence electrons. The van der Waals surface area contributed by atoms with Crippen LogP contribution in [0.5, 0.6) is 5.75 Å². The minimum absolute atomic E-state index is 0.152. The Bertz CT molecular complexity index is 1170. The molecule has 2 N–H and O–H groups in total. The molecule has 4 rings (SSSR count). The zero-order chi connectivity index (χ0) is 28.9. The van der Waals surface area contributed by atoms with Crippen molar-refractivity contribution in [2.24, 2.45) is 0 Å². The van der Waals surface area contributed by atoms with Gasteiger partial charge in [-0.15, -0.1) is 0 Å². The molecule has 1 amide bonds. The SMILES string of the molecule is COC(=O)[C@@]1(OC)C[C@H](OC(=O)c2ccccc2)[C@@H](NC(C)=O)[C@H]([C@@H]2O[C@H](c3ccc(OC)cc3)OC[C@H]2O)O1. The molecule has 0 unspecified atom stereocenters. The third-order valence-electron chi connectivity index (χ3n) is 6.80. The quantitative estimate of drug-likeness (QED) is 0.454. The van der Waals surface area contributed by atoms with Crippen molar-refractivity contribution in [3.8, 4) is 5.75 Å². The Kier molecular flexibility index (Phi) is 9.38. The molecule has 7 atom stereocenters. The topological polar surface area (TPSA) is 148 Å². The number of amides is 1. The number of carbonyl (C=O) groups excluding carboxylic acids is 3. The summed E-state index contributed by atoms with van der Waals surface area (Å²) in [5.41, 5.74) is 0.887. The average Bonchev–Trinajstić information content (AvgIpc) is 2.98. The van der Waals surface area contributed by atoms with E-state index in [1.165, 1.54) is 14.0 Å². The van der Waals surface area contributed by atoms with E-state index >= 15 is 0 Å². The number of rotatable bonds is 8. The van der Waals surface area contributed by atoms with Crippen LogP contribution in [0.25, 0.3) is 0 Å². The summed E-state index contributed by atoms with van der Waals surface area (Å²) in [7, 11) is 3.94. The van der Waals surface area contributed by atoms with Gasteiger partial charge in [-0.2, -0.15) is 0 Å². The van der Waals surface area contributed by atoms with Crippen LogP contribution in [0.2, 0.25) is 0 Å². The summed E-state index contributed by atoms with van der Waals surface area (Å²) in [6, 6.07) is 14.1. The van der Waals surface area contributed by atoms with Gasteiger partial charge >= 0.3 is 11.9 Å². The maximum atomic E-state index is 13.1. The van der Waals surface area contributed by atoms with Gasteiger partial charge in [0.25, 0.3) is 5.79 Å². The van der Waals surface area contributed by atoms with Gasteiger partial charge in [0.15, 0.2) is 6.29 Å². The van der Waals surface area contributed by atoms with E-state index in [9.17, 15) is 19.5 Å². The molecule has 2 aromatic rings. The Morgan fingerprint density at radius 3 is 2.30 bits per heavy atom. The smallest absolute Gasteiger partial charge is 0.366 e. The monoisotopic (exact) mass is 559 g/mol. The maximum Gasteiger partial charge on any atom is 0.366 e. The molecule has 40 heavy (non-hydrogen) atoms. The highest BCUT2D eigenvalue weighted by atomic mass is 16.8. The van der Waals surface area contributed by atoms with E-state index in [-0.39, 0.29) is 18.6 Å². The average molecular weight is 560 g/mol. The van der Waals surface area contributed by atoms with Gasteiger partial charge in [-0.1, -0.05) is 30.3 Å². The predicted octanol–water partition coefficient (Wildman–Crippen LogP) is 1.50. The standard InChI is InChI=1S/C28H33NO11/c1-16(30)29-22-21(38-25(32)17-8-6-5-7-9-17)14-28(36-4,27(33)35-3)40-24(22)23-20(31)15-37-26(39-23)18-10-12-19(34-2)13-11-18/h5-13,20-24,26,31H,14-15H2,1-4H3,(H,29,30)/t20-,21+,22-,23-,24-,26-,28-/m1/s1. The minimum atomic E-state index is -2.03. The van der Waals surface area contributed by atoms with E-state index < -0.39 is 60.4 Å². The molecule has 0 bridgehead atoms. The number of carbonyl (C=O) groups is 3. The fourth-order valence-electron chi connectivity index (χ4n) is 4.81. The Morgan fingerprint density at radius 2 is 1.70 bits per heavy atom. The summed E-state index contributed by atoms with van der Waals surface area (Å²) in [5, 5.41) is 13.7. The summed E-state index contributed by atoms with van der Waals surface area (Å²) in [6.07, 6.45) is -6.03. The van der Waals surface area contributed by atoms with Gasteiger partial charge in [0.1, 0.15) is 30.2 Å². The van der Waals surface area contributed by atoms with Crippen LogP contribution < -0.4 is 10.1 Å². The summed E-state index contributed by atoms with van der Waals surface area (Å²) in [5.74, 6) is -3.46. The van der Waals surface area contributed by atoms with Crippen molar-refractivity contribution >= 4 is 17.8 Å². The molecule has 2 heterocycles. The lowest BCUT2D eigenvalue weighted by molar-refractivity contribution is -0.337. The van der Waals surface area contributed by atoms with Gasteiger partial charge < -0.3 is 43.6 Å². The third kappa shape index (κ3) is 6.26. The molecule has 2 fully saturated rings. The van der Waals surface area contributed by atoms with Gasteiger partial charge in [0.2, 0.25) is 5.91 Å². The van der Waals surface area contributed by atoms with Gasteiger partial charge in [0, 0.05) is 19.6 Å². The molecule has 2 aliphatic rings. The Hall–Kier alpha value is -3.55. The molecule has 0 aromatic heterocycles. The molecular weight excluding hydrogens is 526 g/mol. The van der Waals surface area contributed by atoms with Crippen LogP contribution in [-0.2, 0) is 38.0 Å². The summed E-state index contributed by atoms with van der Waals surface area (Å²) < 4.78 is 39.6. The van der Waals surface area contributed by atoms with Crippen LogP contribution in [0.4, 0.5) is 0 Å². The summed E-state index contributed by atoms with van der Waals surface area (Å²) >= 11 is 0. The molecule has 12 nitrogen and oxygen atoms in total. The summed E-state index contributed by atoms with van der Waals surface area (Å²) in [4.78, 5) is 38.4. The molecule has 0 radical (unpaired) electrons. The normalized spacial score (nSPS) is 30.1. The number of ether oxygens (including phenoxy) is 7. The van der Waals surface area contributed by atoms with E-state index in [2.05, 4.69) is 5.32 Å². The lowest BCUT2D eigenvalue weighted by Crippen LogP contribution is -2.69. The fourth-order valence-corrected chi connectivity index (χ4v) is 4.81. The number of esters is 2. The van der Waals surface area contributed by atoms with E-state index in [0.717, 1.165) is 7.11 Å². The Labute approximate surface area is 231 Å². The number of aliphatic hydroxyl groups is 1. The van der Waals surface area contributed by atoms with Crippen molar-refractivity contribution in [3.63, 3.8) is 0 Å². The summed E-state index contributed by atoms with van der Waals surface area (Å²) in [6.45, 7) is 1.13. The Morgan fingerprint density at radius 1 is 1.00 bits per heavy atom. The lowest BCUT2D eigenvalue weighted by Gasteiger charge is -2.49. The Balaban J connectivity index is 1.71. The van der Waals surface area contributed by atoms with Crippen molar-refractivity contribution in [1.82, 2.24) is 5.32 Å². The number of aliphatic hydroxyl groups excluding tert-OH is 1. The number of methoxy groups -OCH3 is 3. The van der Waals surface area contributed by atoms with Crippen molar-refractivity contribution in [3.05, 3.63) is 65.7 Å². The van der Waals surface area contributed by atoms with E-state index in [4.69, 9.17) is 33.2 Å². The molecule has 2 aromatic carbocycles. The number of hydrogen-bond acceptors (Lipinski definition) is 11. The van der Waals surface area contributed by atoms with Crippen LogP contribution in [0.3, 0.4) is 0 Å². The first-order chi connectivity index (χ1) is 19.2. The second-order valence-corrected chi connectivity index (χ2v) is 9.38. The maximum absolute atomic E-state index is 13.1. The second kappa shape index (κ2) is 12.7. The van der Waals surface area contributed by atoms with Crippen molar-refractivity contribution in [1.29, 1.82) is 0 Å². The third-order valence-corrected chi connectivity index (χ3v) is 6.80. The first-order valence-corrected chi connectivity index (χ1v) is 12.6. The highest BCUT2D eigenvalue weighted by Crippen LogP contribution is 2.39. The van der Waals surface area contributed by atoms with Crippen molar-refractivity contribution < 1.29 is 52.6 Å². The molecule has 0 spiro atoms. The van der Waals surface area contributed by atoms with Crippen LogP contribution in [0.15, 0.2) is 54.6 Å². The van der Waals surface area contributed by atoms with Crippen molar-refractivity contribution in [2.75, 3.05) is 27.9 Å². The zero-order valence-electron chi connectivity index (χ0n) is 22.6. The molecule has 2 saturated heterocycles. The largest absolute Gasteiger partial charge is 0.497 e. The number of benzene rings is 2. The molecule has 0 aliphatic carbocycles. The van der Waals surface area contributed by atoms with Crippen LogP contribution in [0, 0.1) is 0 Å². The molecular formula is C28H33NO11. The predicted molar refractivity (Wildman–Crippen MR) is 137 cm³/mol. The second-order valence-electron chi connectivity index (χ2n) is 9.38. The van der Waals surface area contributed by atoms with Gasteiger partial charge in [-0.05, 0) is 24.3 Å². The fraction of sp³-hybridized carbons (Fsp3) is 0.464.